The van der Waals surface area contributed by atoms with Crippen LogP contribution in [0, 0.1) is 10.8 Å². The van der Waals surface area contributed by atoms with E-state index in [1.807, 2.05) is 0 Å². The largest absolute Gasteiger partial charge is 0.381 e. The molecule has 5 rings (SSSR count). The Balaban J connectivity index is 1.33. The van der Waals surface area contributed by atoms with E-state index in [2.05, 4.69) is 10.3 Å². The molecule has 2 amide bonds. The van der Waals surface area contributed by atoms with Crippen molar-refractivity contribution in [1.82, 2.24) is 15.2 Å². The van der Waals surface area contributed by atoms with Crippen LogP contribution in [0.2, 0.25) is 0 Å². The fourth-order valence-corrected chi connectivity index (χ4v) is 4.30. The molecule has 0 bridgehead atoms. The maximum atomic E-state index is 13.1. The number of anilines is 1. The van der Waals surface area contributed by atoms with Crippen molar-refractivity contribution in [3.8, 4) is 0 Å². The van der Waals surface area contributed by atoms with Crippen LogP contribution in [0.1, 0.15) is 57.7 Å². The van der Waals surface area contributed by atoms with Crippen molar-refractivity contribution in [1.29, 1.82) is 10.8 Å². The maximum absolute atomic E-state index is 13.1. The van der Waals surface area contributed by atoms with Gasteiger partial charge in [0.2, 0.25) is 0 Å². The zero-order valence-corrected chi connectivity index (χ0v) is 18.2. The SMILES string of the molecule is N=CN(C(=N)c1cccc(N2Cc3cc(C(=O)NC4CCOCC4)ccc3C2=O)n1)C1CC1. The van der Waals surface area contributed by atoms with E-state index in [0.29, 0.717) is 42.4 Å². The Labute approximate surface area is 191 Å². The summed E-state index contributed by atoms with van der Waals surface area (Å²) in [5.74, 6) is 0.289. The number of ether oxygens (including phenoxy) is 1. The summed E-state index contributed by atoms with van der Waals surface area (Å²) in [5.41, 5.74) is 2.28. The Morgan fingerprint density at radius 3 is 2.70 bits per heavy atom. The third-order valence-corrected chi connectivity index (χ3v) is 6.32. The molecule has 3 N–H and O–H groups in total. The van der Waals surface area contributed by atoms with Gasteiger partial charge in [0.25, 0.3) is 11.8 Å². The van der Waals surface area contributed by atoms with Crippen molar-refractivity contribution >= 4 is 29.8 Å². The third kappa shape index (κ3) is 4.23. The molecule has 33 heavy (non-hydrogen) atoms. The van der Waals surface area contributed by atoms with E-state index in [1.165, 1.54) is 0 Å². The summed E-state index contributed by atoms with van der Waals surface area (Å²) in [5, 5.41) is 19.1. The normalized spacial score (nSPS) is 18.1. The minimum atomic E-state index is -0.177. The van der Waals surface area contributed by atoms with Crippen LogP contribution in [-0.2, 0) is 11.3 Å². The first kappa shape index (κ1) is 21.3. The second kappa shape index (κ2) is 8.74. The van der Waals surface area contributed by atoms with Crippen molar-refractivity contribution in [2.24, 2.45) is 0 Å². The van der Waals surface area contributed by atoms with E-state index in [4.69, 9.17) is 15.6 Å². The number of amidine groups is 1. The van der Waals surface area contributed by atoms with Gasteiger partial charge in [-0.1, -0.05) is 6.07 Å². The molecule has 170 valence electrons. The first-order valence-electron chi connectivity index (χ1n) is 11.2. The van der Waals surface area contributed by atoms with E-state index in [0.717, 1.165) is 37.6 Å². The zero-order chi connectivity index (χ0) is 22.9. The topological polar surface area (TPSA) is 122 Å². The summed E-state index contributed by atoms with van der Waals surface area (Å²) in [6, 6.07) is 10.7. The Morgan fingerprint density at radius 2 is 1.97 bits per heavy atom. The van der Waals surface area contributed by atoms with Crippen LogP contribution in [0.3, 0.4) is 0 Å². The monoisotopic (exact) mass is 446 g/mol. The fourth-order valence-electron chi connectivity index (χ4n) is 4.30. The van der Waals surface area contributed by atoms with Gasteiger partial charge in [-0.2, -0.15) is 0 Å². The molecule has 0 atom stereocenters. The number of nitrogens with one attached hydrogen (secondary N) is 3. The zero-order valence-electron chi connectivity index (χ0n) is 18.2. The van der Waals surface area contributed by atoms with Crippen molar-refractivity contribution < 1.29 is 14.3 Å². The number of benzene rings is 1. The number of fused-ring (bicyclic) bond motifs is 1. The molecule has 2 aliphatic heterocycles. The Kier molecular flexibility index (Phi) is 5.63. The molecular formula is C24H26N6O3. The standard InChI is InChI=1S/C24H26N6O3/c25-14-30(18-5-6-18)22(26)20-2-1-3-21(28-20)29-13-16-12-15(4-7-19(16)24(29)32)23(31)27-17-8-10-33-11-9-17/h1-4,7,12,14,17-18,25-26H,5-6,8-11,13H2,(H,27,31). The average Bonchev–Trinajstić information content (AvgIpc) is 3.63. The van der Waals surface area contributed by atoms with Gasteiger partial charge in [-0.15, -0.1) is 0 Å². The molecule has 1 aromatic carbocycles. The Hall–Kier alpha value is -3.59. The summed E-state index contributed by atoms with van der Waals surface area (Å²) < 4.78 is 5.34. The molecule has 2 aromatic rings. The van der Waals surface area contributed by atoms with Crippen molar-refractivity contribution in [2.45, 2.75) is 44.3 Å². The van der Waals surface area contributed by atoms with E-state index >= 15 is 0 Å². The van der Waals surface area contributed by atoms with Crippen molar-refractivity contribution in [3.63, 3.8) is 0 Å². The maximum Gasteiger partial charge on any atom is 0.260 e. The fraction of sp³-hybridized carbons (Fsp3) is 0.375. The van der Waals surface area contributed by atoms with Crippen LogP contribution in [0.5, 0.6) is 0 Å². The molecule has 3 aliphatic rings. The summed E-state index contributed by atoms with van der Waals surface area (Å²) >= 11 is 0. The van der Waals surface area contributed by atoms with E-state index in [-0.39, 0.29) is 29.7 Å². The Morgan fingerprint density at radius 1 is 1.18 bits per heavy atom. The van der Waals surface area contributed by atoms with E-state index in [9.17, 15) is 9.59 Å². The van der Waals surface area contributed by atoms with Gasteiger partial charge in [0, 0.05) is 36.4 Å². The summed E-state index contributed by atoms with van der Waals surface area (Å²) in [7, 11) is 0. The number of amides is 2. The quantitative estimate of drug-likeness (QED) is 0.465. The second-order valence-corrected chi connectivity index (χ2v) is 8.62. The summed E-state index contributed by atoms with van der Waals surface area (Å²) in [6.45, 7) is 1.62. The highest BCUT2D eigenvalue weighted by molar-refractivity contribution is 6.10. The van der Waals surface area contributed by atoms with Crippen LogP contribution in [0.4, 0.5) is 5.82 Å². The second-order valence-electron chi connectivity index (χ2n) is 8.62. The third-order valence-electron chi connectivity index (χ3n) is 6.32. The lowest BCUT2D eigenvalue weighted by Gasteiger charge is -2.23. The first-order valence-corrected chi connectivity index (χ1v) is 11.2. The Bertz CT molecular complexity index is 1120. The lowest BCUT2D eigenvalue weighted by Crippen LogP contribution is -2.38. The minimum Gasteiger partial charge on any atom is -0.381 e. The molecule has 1 aliphatic carbocycles. The van der Waals surface area contributed by atoms with Gasteiger partial charge in [0.05, 0.1) is 12.9 Å². The molecule has 2 fully saturated rings. The number of pyridine rings is 1. The average molecular weight is 447 g/mol. The summed E-state index contributed by atoms with van der Waals surface area (Å²) in [6.07, 6.45) is 4.69. The number of hydrogen-bond acceptors (Lipinski definition) is 6. The number of carbonyl (C=O) groups is 2. The number of carbonyl (C=O) groups excluding carboxylic acids is 2. The van der Waals surface area contributed by atoms with Crippen LogP contribution < -0.4 is 10.2 Å². The van der Waals surface area contributed by atoms with Gasteiger partial charge >= 0.3 is 0 Å². The van der Waals surface area contributed by atoms with E-state index in [1.54, 1.807) is 46.2 Å². The number of nitrogens with zero attached hydrogens (tertiary/aromatic N) is 3. The van der Waals surface area contributed by atoms with E-state index < -0.39 is 0 Å². The molecule has 9 heteroatoms. The summed E-state index contributed by atoms with van der Waals surface area (Å²) in [4.78, 5) is 33.5. The van der Waals surface area contributed by atoms with Gasteiger partial charge in [-0.25, -0.2) is 4.98 Å². The minimum absolute atomic E-state index is 0.107. The molecule has 0 spiro atoms. The first-order chi connectivity index (χ1) is 16.0. The molecule has 1 aromatic heterocycles. The van der Waals surface area contributed by atoms with Crippen LogP contribution in [-0.4, -0.2) is 59.2 Å². The molecule has 0 radical (unpaired) electrons. The van der Waals surface area contributed by atoms with Crippen molar-refractivity contribution in [2.75, 3.05) is 18.1 Å². The molecular weight excluding hydrogens is 420 g/mol. The van der Waals surface area contributed by atoms with Gasteiger partial charge in [0.1, 0.15) is 11.5 Å². The van der Waals surface area contributed by atoms with Gasteiger partial charge < -0.3 is 15.0 Å². The molecule has 3 heterocycles. The number of hydrogen-bond donors (Lipinski definition) is 3. The highest BCUT2D eigenvalue weighted by Gasteiger charge is 2.33. The number of rotatable bonds is 6. The molecule has 9 nitrogen and oxygen atoms in total. The molecule has 0 unspecified atom stereocenters. The predicted molar refractivity (Wildman–Crippen MR) is 123 cm³/mol. The number of aromatic nitrogens is 1. The molecule has 1 saturated heterocycles. The van der Waals surface area contributed by atoms with Gasteiger partial charge in [-0.3, -0.25) is 25.3 Å². The van der Waals surface area contributed by atoms with Crippen LogP contribution in [0.15, 0.2) is 36.4 Å². The lowest BCUT2D eigenvalue weighted by molar-refractivity contribution is 0.0696. The van der Waals surface area contributed by atoms with Crippen LogP contribution >= 0.6 is 0 Å². The lowest BCUT2D eigenvalue weighted by atomic mass is 10.0. The van der Waals surface area contributed by atoms with Gasteiger partial charge in [-0.05, 0) is 61.6 Å². The highest BCUT2D eigenvalue weighted by Crippen LogP contribution is 2.30. The molecule has 1 saturated carbocycles. The predicted octanol–water partition coefficient (Wildman–Crippen LogP) is 2.55. The van der Waals surface area contributed by atoms with Crippen molar-refractivity contribution in [3.05, 3.63) is 58.8 Å². The van der Waals surface area contributed by atoms with Crippen LogP contribution in [0.25, 0.3) is 0 Å². The van der Waals surface area contributed by atoms with Gasteiger partial charge in [0.15, 0.2) is 5.84 Å². The smallest absolute Gasteiger partial charge is 0.260 e. The highest BCUT2D eigenvalue weighted by atomic mass is 16.5.